The molecule has 4 amide bonds. The van der Waals surface area contributed by atoms with Gasteiger partial charge in [0.15, 0.2) is 0 Å². The normalized spacial score (nSPS) is 17.0. The van der Waals surface area contributed by atoms with Crippen molar-refractivity contribution in [3.8, 4) is 87.8 Å². The molecule has 19 rings (SSSR count). The molecule has 3 aliphatic carbocycles. The number of hydrogen-bond donors (Lipinski definition) is 9. The summed E-state index contributed by atoms with van der Waals surface area (Å²) in [5.41, 5.74) is 12.3. The van der Waals surface area contributed by atoms with Gasteiger partial charge in [0.1, 0.15) is 65.6 Å². The topological polar surface area (TPSA) is 444 Å². The van der Waals surface area contributed by atoms with Gasteiger partial charge in [-0.3, -0.25) is 73.6 Å². The number of aromatic nitrogens is 24. The number of alkyl halides is 2. The van der Waals surface area contributed by atoms with Crippen molar-refractivity contribution in [1.82, 2.24) is 120 Å². The number of pyridine rings is 4. The second kappa shape index (κ2) is 36.3. The molecule has 9 N–H and O–H groups in total. The molecule has 16 heterocycles. The molecule has 0 saturated heterocycles. The Labute approximate surface area is 703 Å². The largest absolute Gasteiger partial charge is 0.390 e. The first-order valence-corrected chi connectivity index (χ1v) is 41.7. The van der Waals surface area contributed by atoms with Gasteiger partial charge in [-0.15, -0.1) is 45.3 Å². The summed E-state index contributed by atoms with van der Waals surface area (Å²) in [6.45, 7) is 8.38. The monoisotopic (exact) mass is 1710 g/mol. The number of carbonyl (C=O) groups is 4. The Kier molecular flexibility index (Phi) is 24.4. The van der Waals surface area contributed by atoms with Crippen LogP contribution in [0.15, 0.2) is 181 Å². The number of H-pyrrole nitrogens is 4. The molecule has 0 aromatic carbocycles. The minimum absolute atomic E-state index is 0.0834. The van der Waals surface area contributed by atoms with Gasteiger partial charge in [0.05, 0.1) is 112 Å². The van der Waals surface area contributed by atoms with Gasteiger partial charge >= 0.3 is 6.55 Å². The molecule has 0 radical (unpaired) electrons. The van der Waals surface area contributed by atoms with Crippen LogP contribution in [0.1, 0.15) is 137 Å². The number of nitrogens with zero attached hydrogens (tertiary/aromatic N) is 20. The molecule has 16 aromatic rings. The number of ether oxygens (including phenoxy) is 2. The van der Waals surface area contributed by atoms with Crippen molar-refractivity contribution in [2.24, 2.45) is 0 Å². The van der Waals surface area contributed by atoms with E-state index in [1.54, 1.807) is 119 Å². The van der Waals surface area contributed by atoms with E-state index in [9.17, 15) is 33.1 Å². The Hall–Kier alpha value is -13.6. The molecule has 35 nitrogen and oxygen atoms in total. The Morgan fingerprint density at radius 2 is 0.851 bits per heavy atom. The highest BCUT2D eigenvalue weighted by molar-refractivity contribution is 7.14. The lowest BCUT2D eigenvalue weighted by atomic mass is 9.77. The molecular weight excluding hydrogens is 1630 g/mol. The highest BCUT2D eigenvalue weighted by Crippen LogP contribution is 2.44. The summed E-state index contributed by atoms with van der Waals surface area (Å²) in [4.78, 5) is 86.4. The fourth-order valence-electron chi connectivity index (χ4n) is 13.3. The second-order valence-corrected chi connectivity index (χ2v) is 31.9. The molecule has 3 saturated carbocycles. The average Bonchev–Trinajstić information content (AvgIpc) is 1.65. The summed E-state index contributed by atoms with van der Waals surface area (Å²) in [6.07, 6.45) is 32.3. The number of thiazole rings is 4. The molecule has 0 atom stereocenters. The van der Waals surface area contributed by atoms with E-state index < -0.39 is 18.1 Å². The number of halogens is 2. The Morgan fingerprint density at radius 1 is 0.471 bits per heavy atom. The SMILES string of the molecule is CC1(O)CC(n2cc(NC(=O)c3csc(-c4cn[nH]c4)n3)c(-c3ccccn3)n2)C1.CCOC1CC(n2cc(NC(=O)c3csc(-c4cn[nH]c4)n3)c(-c3ccc(C)cn3)n2)C1.CCOC1CC(n2cc(NC(=O)c3csc(-c4cn[nH]c4)n3)c(-c3ncccc3C)n2)C1.O=C(Nc1cn(C(F)F)nc1-c1ccccn1)c1csc(-c2cn[nH]c2)n1. The maximum atomic E-state index is 13.0. The number of amides is 4. The van der Waals surface area contributed by atoms with Gasteiger partial charge in [0.2, 0.25) is 0 Å². The Balaban J connectivity index is 0.000000120. The second-order valence-electron chi connectivity index (χ2n) is 28.5. The maximum Gasteiger partial charge on any atom is 0.333 e. The minimum atomic E-state index is -2.84. The van der Waals surface area contributed by atoms with Crippen molar-refractivity contribution in [2.45, 2.75) is 116 Å². The predicted molar refractivity (Wildman–Crippen MR) is 449 cm³/mol. The molecule has 121 heavy (non-hydrogen) atoms. The maximum absolute atomic E-state index is 13.0. The molecule has 616 valence electrons. The standard InChI is InChI=1S/2C22H23N7O2S.C20H19N7O2S.C16H11F2N7OS/c1-3-31-16-6-15(7-16)29-11-18(20(28-29)17-5-4-13(2)8-23-17)26-21(30)19-12-32-22(27-19)14-9-24-25-10-14;1-3-31-16-7-15(8-16)29-11-17(20(28-29)19-13(2)5-4-6-23-19)26-21(30)18-12-32-22(27-18)14-9-24-25-10-14;1-20(29)6-13(7-20)27-10-15(17(26-27)14-4-2-3-5-21-14)24-18(28)16-11-30-19(25-16)12-8-22-23-9-12;17-16(18)25-7-11(13(24-25)10-3-1-2-4-19-10)22-14(26)12-8-27-15(23-12)9-5-20-21-6-9/h4-5,8-12,15-16H,3,6-7H2,1-2H3,(H,24,25)(H,26,30);4-6,9-12,15-16H,3,7-8H2,1-2H3,(H,24,25)(H,26,30);2-5,8-11,13,29H,6-7H2,1H3,(H,22,23)(H,24,28);1-8,16H,(H,20,21)(H,22,26). The highest BCUT2D eigenvalue weighted by atomic mass is 32.1. The first kappa shape index (κ1) is 81.2. The van der Waals surface area contributed by atoms with E-state index in [-0.39, 0.29) is 65.1 Å². The van der Waals surface area contributed by atoms with E-state index in [1.807, 2.05) is 98.8 Å². The highest BCUT2D eigenvalue weighted by Gasteiger charge is 2.41. The van der Waals surface area contributed by atoms with Crippen molar-refractivity contribution in [2.75, 3.05) is 34.5 Å². The molecule has 3 fully saturated rings. The summed E-state index contributed by atoms with van der Waals surface area (Å²) in [5.74, 6) is -1.43. The first-order chi connectivity index (χ1) is 58.8. The van der Waals surface area contributed by atoms with Crippen LogP contribution in [0.2, 0.25) is 0 Å². The molecule has 41 heteroatoms. The van der Waals surface area contributed by atoms with Crippen LogP contribution in [0.5, 0.6) is 0 Å². The molecule has 0 spiro atoms. The van der Waals surface area contributed by atoms with Crippen LogP contribution in [0, 0.1) is 13.8 Å². The first-order valence-electron chi connectivity index (χ1n) is 38.1. The number of nitrogens with one attached hydrogen (secondary N) is 8. The number of aliphatic hydroxyl groups is 1. The van der Waals surface area contributed by atoms with Crippen LogP contribution in [0.4, 0.5) is 31.5 Å². The number of rotatable bonds is 24. The summed E-state index contributed by atoms with van der Waals surface area (Å²) in [6, 6.07) is 18.9. The van der Waals surface area contributed by atoms with Crippen molar-refractivity contribution in [1.29, 1.82) is 0 Å². The summed E-state index contributed by atoms with van der Waals surface area (Å²) >= 11 is 5.44. The zero-order valence-corrected chi connectivity index (χ0v) is 68.4. The third-order valence-electron chi connectivity index (χ3n) is 19.7. The van der Waals surface area contributed by atoms with Gasteiger partial charge in [0, 0.05) is 125 Å². The lowest BCUT2D eigenvalue weighted by Gasteiger charge is -2.40. The van der Waals surface area contributed by atoms with Crippen LogP contribution >= 0.6 is 45.3 Å². The number of anilines is 4. The lowest BCUT2D eigenvalue weighted by Crippen LogP contribution is -2.42. The van der Waals surface area contributed by atoms with E-state index in [4.69, 9.17) is 19.7 Å². The third-order valence-corrected chi connectivity index (χ3v) is 23.2. The lowest BCUT2D eigenvalue weighted by molar-refractivity contribution is -0.0542. The number of carbonyl (C=O) groups excluding carboxylic acids is 4. The van der Waals surface area contributed by atoms with E-state index in [0.717, 1.165) is 81.0 Å². The number of hydrogen-bond acceptors (Lipinski definition) is 27. The zero-order chi connectivity index (χ0) is 83.7. The minimum Gasteiger partial charge on any atom is -0.390 e. The Morgan fingerprint density at radius 3 is 1.21 bits per heavy atom. The van der Waals surface area contributed by atoms with Gasteiger partial charge in [-0.05, 0) is 121 Å². The predicted octanol–water partition coefficient (Wildman–Crippen LogP) is 14.8. The molecule has 3 aliphatic rings. The van der Waals surface area contributed by atoms with Gasteiger partial charge in [-0.2, -0.15) is 49.6 Å². The molecule has 0 aliphatic heterocycles. The molecule has 16 aromatic heterocycles. The van der Waals surface area contributed by atoms with Crippen molar-refractivity contribution >= 4 is 91.7 Å². The van der Waals surface area contributed by atoms with Crippen LogP contribution in [0.25, 0.3) is 87.8 Å². The average molecular weight is 1710 g/mol. The molecular formula is C80H76F2N28O7S4. The smallest absolute Gasteiger partial charge is 0.333 e. The summed E-state index contributed by atoms with van der Waals surface area (Å²) in [5, 5.41) is 75.8. The number of aromatic amines is 4. The van der Waals surface area contributed by atoms with Crippen LogP contribution in [0.3, 0.4) is 0 Å². The quantitative estimate of drug-likeness (QED) is 0.0271. The van der Waals surface area contributed by atoms with Gasteiger partial charge in [0.25, 0.3) is 23.6 Å². The molecule has 0 unspecified atom stereocenters. The van der Waals surface area contributed by atoms with E-state index in [1.165, 1.54) is 51.5 Å². The summed E-state index contributed by atoms with van der Waals surface area (Å²) in [7, 11) is 0. The van der Waals surface area contributed by atoms with Crippen LogP contribution in [-0.4, -0.2) is 180 Å². The fraction of sp³-hybridized carbons (Fsp3) is 0.250. The van der Waals surface area contributed by atoms with Crippen molar-refractivity contribution in [3.05, 3.63) is 215 Å². The van der Waals surface area contributed by atoms with Gasteiger partial charge < -0.3 is 35.8 Å². The van der Waals surface area contributed by atoms with Crippen molar-refractivity contribution in [3.63, 3.8) is 0 Å². The van der Waals surface area contributed by atoms with Crippen molar-refractivity contribution < 1.29 is 42.5 Å². The Bertz CT molecular complexity index is 6160. The van der Waals surface area contributed by atoms with Gasteiger partial charge in [-0.1, -0.05) is 24.3 Å². The van der Waals surface area contributed by atoms with E-state index >= 15 is 0 Å². The number of aryl methyl sites for hydroxylation is 2. The summed E-state index contributed by atoms with van der Waals surface area (Å²) < 4.78 is 43.6. The van der Waals surface area contributed by atoms with Crippen LogP contribution in [-0.2, 0) is 9.47 Å². The zero-order valence-electron chi connectivity index (χ0n) is 65.2. The van der Waals surface area contributed by atoms with E-state index in [2.05, 4.69) is 112 Å². The third kappa shape index (κ3) is 19.0. The van der Waals surface area contributed by atoms with Crippen LogP contribution < -0.4 is 21.3 Å². The molecule has 0 bridgehead atoms. The fourth-order valence-corrected chi connectivity index (χ4v) is 16.5. The van der Waals surface area contributed by atoms with Gasteiger partial charge in [-0.25, -0.2) is 24.6 Å². The van der Waals surface area contributed by atoms with E-state index in [0.29, 0.717) is 109 Å².